The highest BCUT2D eigenvalue weighted by molar-refractivity contribution is 5.95. The van der Waals surface area contributed by atoms with Crippen LogP contribution < -0.4 is 11.1 Å². The SMILES string of the molecule is COC(=O)CC1CC(CCNC(=O)N2CCc3ccc(C(=N)N)cc3CC2)N(CCCc2ccccc2)C1=O.Cl. The number of hydrogen-bond donors (Lipinski definition) is 3. The molecule has 3 amide bonds. The van der Waals surface area contributed by atoms with E-state index in [1.54, 1.807) is 0 Å². The van der Waals surface area contributed by atoms with Gasteiger partial charge in [0.2, 0.25) is 5.91 Å². The Morgan fingerprint density at radius 1 is 1.10 bits per heavy atom. The minimum Gasteiger partial charge on any atom is -0.469 e. The Bertz CT molecular complexity index is 1190. The second-order valence-corrected chi connectivity index (χ2v) is 10.4. The highest BCUT2D eigenvalue weighted by Crippen LogP contribution is 2.30. The van der Waals surface area contributed by atoms with Gasteiger partial charge in [-0.25, -0.2) is 4.79 Å². The van der Waals surface area contributed by atoms with Crippen LogP contribution in [0.3, 0.4) is 0 Å². The lowest BCUT2D eigenvalue weighted by molar-refractivity contribution is -0.144. The zero-order valence-electron chi connectivity index (χ0n) is 23.1. The van der Waals surface area contributed by atoms with Crippen LogP contribution in [0.25, 0.3) is 0 Å². The first-order valence-corrected chi connectivity index (χ1v) is 13.8. The molecule has 2 aromatic rings. The van der Waals surface area contributed by atoms with Gasteiger partial charge < -0.3 is 25.6 Å². The molecule has 4 N–H and O–H groups in total. The van der Waals surface area contributed by atoms with Crippen molar-refractivity contribution in [3.05, 3.63) is 70.8 Å². The molecule has 4 rings (SSSR count). The largest absolute Gasteiger partial charge is 0.469 e. The average molecular weight is 570 g/mol. The average Bonchev–Trinajstić information content (AvgIpc) is 3.09. The van der Waals surface area contributed by atoms with Crippen molar-refractivity contribution in [2.45, 2.75) is 51.0 Å². The van der Waals surface area contributed by atoms with E-state index < -0.39 is 0 Å². The fourth-order valence-electron chi connectivity index (χ4n) is 5.64. The van der Waals surface area contributed by atoms with Gasteiger partial charge >= 0.3 is 12.0 Å². The summed E-state index contributed by atoms with van der Waals surface area (Å²) in [6, 6.07) is 15.9. The molecular formula is C30H40ClN5O4. The molecule has 0 bridgehead atoms. The van der Waals surface area contributed by atoms with Crippen LogP contribution in [-0.2, 0) is 33.6 Å². The minimum absolute atomic E-state index is 0. The first-order valence-electron chi connectivity index (χ1n) is 13.8. The third-order valence-electron chi connectivity index (χ3n) is 7.84. The molecule has 0 aromatic heterocycles. The molecular weight excluding hydrogens is 530 g/mol. The van der Waals surface area contributed by atoms with E-state index in [4.69, 9.17) is 15.9 Å². The van der Waals surface area contributed by atoms with E-state index in [-0.39, 0.29) is 54.5 Å². The standard InChI is InChI=1S/C30H39N5O4.ClH/c1-39-27(36)20-25-19-26(35(29(25)37)15-5-8-21-6-3-2-4-7-21)11-14-33-30(38)34-16-12-22-9-10-24(28(31)32)18-23(22)13-17-34;/h2-4,6-7,9-10,18,25-26H,5,8,11-17,19-20H2,1H3,(H3,31,32)(H,33,38);1H. The van der Waals surface area contributed by atoms with Gasteiger partial charge in [0, 0.05) is 37.8 Å². The molecule has 0 aliphatic carbocycles. The monoisotopic (exact) mass is 569 g/mol. The summed E-state index contributed by atoms with van der Waals surface area (Å²) in [6.07, 6.45) is 4.49. The van der Waals surface area contributed by atoms with Gasteiger partial charge in [0.25, 0.3) is 0 Å². The molecule has 0 radical (unpaired) electrons. The maximum absolute atomic E-state index is 13.2. The van der Waals surface area contributed by atoms with Crippen LogP contribution in [0.5, 0.6) is 0 Å². The number of ether oxygens (including phenoxy) is 1. The number of halogens is 1. The number of benzene rings is 2. The van der Waals surface area contributed by atoms with Gasteiger partial charge in [-0.2, -0.15) is 0 Å². The number of carbonyl (C=O) groups is 3. The molecule has 2 aromatic carbocycles. The van der Waals surface area contributed by atoms with Gasteiger partial charge in [0.1, 0.15) is 5.84 Å². The molecule has 0 saturated carbocycles. The lowest BCUT2D eigenvalue weighted by Crippen LogP contribution is -2.43. The van der Waals surface area contributed by atoms with Crippen molar-refractivity contribution in [1.29, 1.82) is 5.41 Å². The van der Waals surface area contributed by atoms with Crippen LogP contribution >= 0.6 is 12.4 Å². The number of carbonyl (C=O) groups excluding carboxylic acids is 3. The van der Waals surface area contributed by atoms with Crippen molar-refractivity contribution in [2.75, 3.05) is 33.3 Å². The number of urea groups is 1. The zero-order chi connectivity index (χ0) is 27.8. The second kappa shape index (κ2) is 14.7. The van der Waals surface area contributed by atoms with Gasteiger partial charge in [-0.1, -0.05) is 42.5 Å². The van der Waals surface area contributed by atoms with Crippen LogP contribution in [0.1, 0.15) is 47.9 Å². The molecule has 2 atom stereocenters. The number of nitrogen functional groups attached to an aromatic ring is 1. The van der Waals surface area contributed by atoms with E-state index in [2.05, 4.69) is 17.4 Å². The number of methoxy groups -OCH3 is 1. The maximum Gasteiger partial charge on any atom is 0.317 e. The quantitative estimate of drug-likeness (QED) is 0.230. The number of aryl methyl sites for hydroxylation is 1. The van der Waals surface area contributed by atoms with Gasteiger partial charge in [0.15, 0.2) is 0 Å². The van der Waals surface area contributed by atoms with Crippen molar-refractivity contribution in [2.24, 2.45) is 11.7 Å². The molecule has 9 nitrogen and oxygen atoms in total. The van der Waals surface area contributed by atoms with Gasteiger partial charge in [-0.3, -0.25) is 15.0 Å². The first-order chi connectivity index (χ1) is 18.9. The van der Waals surface area contributed by atoms with E-state index in [0.717, 1.165) is 24.8 Å². The highest BCUT2D eigenvalue weighted by Gasteiger charge is 2.40. The number of esters is 1. The molecule has 2 aliphatic heterocycles. The van der Waals surface area contributed by atoms with Crippen LogP contribution in [0.15, 0.2) is 48.5 Å². The molecule has 2 aliphatic rings. The predicted octanol–water partition coefficient (Wildman–Crippen LogP) is 3.31. The molecule has 216 valence electrons. The Morgan fingerprint density at radius 3 is 2.52 bits per heavy atom. The van der Waals surface area contributed by atoms with Gasteiger partial charge in [0.05, 0.1) is 19.4 Å². The number of likely N-dealkylation sites (tertiary alicyclic amines) is 1. The van der Waals surface area contributed by atoms with E-state index in [1.165, 1.54) is 18.2 Å². The second-order valence-electron chi connectivity index (χ2n) is 10.4. The number of nitrogens with one attached hydrogen (secondary N) is 2. The van der Waals surface area contributed by atoms with Crippen molar-refractivity contribution >= 4 is 36.2 Å². The van der Waals surface area contributed by atoms with Crippen LogP contribution in [-0.4, -0.2) is 72.9 Å². The number of amidine groups is 1. The molecule has 2 heterocycles. The lowest BCUT2D eigenvalue weighted by atomic mass is 10.00. The number of rotatable bonds is 10. The van der Waals surface area contributed by atoms with Crippen LogP contribution in [0, 0.1) is 11.3 Å². The minimum atomic E-state index is -0.376. The normalized spacial score (nSPS) is 18.4. The number of nitrogens with two attached hydrogens (primary N) is 1. The topological polar surface area (TPSA) is 129 Å². The third kappa shape index (κ3) is 7.97. The summed E-state index contributed by atoms with van der Waals surface area (Å²) in [5.41, 5.74) is 9.89. The van der Waals surface area contributed by atoms with Crippen LogP contribution in [0.4, 0.5) is 4.79 Å². The van der Waals surface area contributed by atoms with Crippen molar-refractivity contribution in [3.8, 4) is 0 Å². The smallest absolute Gasteiger partial charge is 0.317 e. The van der Waals surface area contributed by atoms with Gasteiger partial charge in [-0.05, 0) is 61.3 Å². The Labute approximate surface area is 242 Å². The number of nitrogens with zero attached hydrogens (tertiary/aromatic N) is 2. The lowest BCUT2D eigenvalue weighted by Gasteiger charge is -2.26. The van der Waals surface area contributed by atoms with Crippen molar-refractivity contribution < 1.29 is 19.1 Å². The summed E-state index contributed by atoms with van der Waals surface area (Å²) in [5.74, 6) is -0.701. The van der Waals surface area contributed by atoms with E-state index in [0.29, 0.717) is 51.0 Å². The first kappa shape index (κ1) is 30.9. The molecule has 1 saturated heterocycles. The number of amides is 3. The summed E-state index contributed by atoms with van der Waals surface area (Å²) >= 11 is 0. The Balaban J connectivity index is 0.00000441. The molecule has 0 spiro atoms. The van der Waals surface area contributed by atoms with E-state index >= 15 is 0 Å². The Kier molecular flexibility index (Phi) is 11.4. The maximum atomic E-state index is 13.2. The van der Waals surface area contributed by atoms with Crippen molar-refractivity contribution in [3.63, 3.8) is 0 Å². The van der Waals surface area contributed by atoms with Crippen LogP contribution in [0.2, 0.25) is 0 Å². The zero-order valence-corrected chi connectivity index (χ0v) is 23.9. The summed E-state index contributed by atoms with van der Waals surface area (Å²) in [5, 5.41) is 10.7. The van der Waals surface area contributed by atoms with E-state index in [9.17, 15) is 14.4 Å². The highest BCUT2D eigenvalue weighted by atomic mass is 35.5. The molecule has 1 fully saturated rings. The molecule has 10 heteroatoms. The number of hydrogen-bond acceptors (Lipinski definition) is 5. The Morgan fingerprint density at radius 2 is 1.82 bits per heavy atom. The van der Waals surface area contributed by atoms with E-state index in [1.807, 2.05) is 46.2 Å². The summed E-state index contributed by atoms with van der Waals surface area (Å²) in [4.78, 5) is 41.8. The van der Waals surface area contributed by atoms with Gasteiger partial charge in [-0.15, -0.1) is 12.4 Å². The Hall–Kier alpha value is -3.59. The fourth-order valence-corrected chi connectivity index (χ4v) is 5.64. The fraction of sp³-hybridized carbons (Fsp3) is 0.467. The summed E-state index contributed by atoms with van der Waals surface area (Å²) in [7, 11) is 1.34. The number of fused-ring (bicyclic) bond motifs is 1. The molecule has 40 heavy (non-hydrogen) atoms. The summed E-state index contributed by atoms with van der Waals surface area (Å²) in [6.45, 7) is 2.29. The predicted molar refractivity (Wildman–Crippen MR) is 157 cm³/mol. The van der Waals surface area contributed by atoms with Crippen molar-refractivity contribution in [1.82, 2.24) is 15.1 Å². The summed E-state index contributed by atoms with van der Waals surface area (Å²) < 4.78 is 4.81. The third-order valence-corrected chi connectivity index (χ3v) is 7.84. The molecule has 2 unspecified atom stereocenters.